The number of nitrogens with zero attached hydrogens (tertiary/aromatic N) is 9. The molecule has 8 aromatic carbocycles. The van der Waals surface area contributed by atoms with E-state index in [0.29, 0.717) is 69.8 Å². The molecule has 0 bridgehead atoms. The molecule has 4 amide bonds. The molecule has 0 atom stereocenters. The van der Waals surface area contributed by atoms with Gasteiger partial charge in [0, 0.05) is 84.4 Å². The van der Waals surface area contributed by atoms with Gasteiger partial charge in [-0.15, -0.1) is 0 Å². The zero-order chi connectivity index (χ0) is 90.8. The number of para-hydroxylation sites is 4. The second-order valence-corrected chi connectivity index (χ2v) is 21.3. The molecular weight excluding hydrogens is 2290 g/mol. The number of ether oxygens (including phenoxy) is 8. The molecule has 8 N–H and O–H groups in total. The average molecular weight is 2370 g/mol. The van der Waals surface area contributed by atoms with E-state index in [0.717, 1.165) is 0 Å². The number of phenolic OH excluding ortho intramolecular Hbond substituents is 2. The number of phenols is 2. The summed E-state index contributed by atoms with van der Waals surface area (Å²) in [6.45, 7) is 2.12. The zero-order valence-electron chi connectivity index (χ0n) is 67.3. The average Bonchev–Trinajstić information content (AvgIpc) is 0.825. The number of benzene rings is 8. The summed E-state index contributed by atoms with van der Waals surface area (Å²) in [4.78, 5) is 106. The number of carbonyl (C=O) groups excluding carboxylic acids is 4. The van der Waals surface area contributed by atoms with Crippen LogP contribution < -0.4 is 89.8 Å². The summed E-state index contributed by atoms with van der Waals surface area (Å²) in [7, 11) is 11.6. The van der Waals surface area contributed by atoms with Gasteiger partial charge in [-0.05, 0) is 120 Å². The van der Waals surface area contributed by atoms with Crippen LogP contribution in [0.5, 0.6) is 92.0 Å². The smallest absolute Gasteiger partial charge is 0.872 e. The standard InChI is InChI=1S/4C18H20N2O5.5NO3.2H2O.3Yb.2Zn/c4*1-24-13-6-7-14(15(21)10-13)18(23)20-9-8-19-11-12-4-3-5-16(25-2)17(12)22;5*2-1(3)4;;;;;;;/h4*3-7,10-11,21-22H,8-9H2,1-2H3,(H,20,23);;;;;;2*1H2;;;;;/q;;;;5*-1;;;3*+3;2*+2/p-8. The third-order valence-corrected chi connectivity index (χ3v) is 13.7. The van der Waals surface area contributed by atoms with Crippen LogP contribution in [-0.2, 0) is 39.0 Å². The molecule has 55 heteroatoms. The summed E-state index contributed by atoms with van der Waals surface area (Å²) in [5.41, 5.74) is 2.03. The van der Waals surface area contributed by atoms with Crippen molar-refractivity contribution in [2.24, 2.45) is 20.0 Å². The van der Waals surface area contributed by atoms with Crippen molar-refractivity contribution in [2.45, 2.75) is 0 Å². The molecule has 50 nitrogen and oxygen atoms in total. The Labute approximate surface area is 861 Å². The van der Waals surface area contributed by atoms with E-state index in [9.17, 15) is 60.0 Å². The van der Waals surface area contributed by atoms with Gasteiger partial charge in [0.05, 0.1) is 108 Å². The van der Waals surface area contributed by atoms with Crippen LogP contribution in [0.25, 0.3) is 0 Å². The number of nitrogens with one attached hydrogen (secondary N) is 4. The maximum absolute atomic E-state index is 12.0. The maximum atomic E-state index is 12.0. The fraction of sp³-hybridized carbons (Fsp3) is 0.222. The van der Waals surface area contributed by atoms with Gasteiger partial charge in [-0.25, -0.2) is 0 Å². The van der Waals surface area contributed by atoms with Gasteiger partial charge in [0.2, 0.25) is 0 Å². The van der Waals surface area contributed by atoms with Gasteiger partial charge in [0.25, 0.3) is 23.6 Å². The van der Waals surface area contributed by atoms with Crippen LogP contribution in [0.3, 0.4) is 0 Å². The molecule has 0 spiro atoms. The Morgan fingerprint density at radius 2 is 0.496 bits per heavy atom. The van der Waals surface area contributed by atoms with Crippen LogP contribution in [0.15, 0.2) is 166 Å². The van der Waals surface area contributed by atoms with E-state index in [4.69, 9.17) is 115 Å². The van der Waals surface area contributed by atoms with E-state index >= 15 is 0 Å². The molecule has 127 heavy (non-hydrogen) atoms. The molecule has 0 aliphatic carbocycles. The minimum Gasteiger partial charge on any atom is -0.872 e. The van der Waals surface area contributed by atoms with Crippen molar-refractivity contribution >= 4 is 48.5 Å². The third-order valence-electron chi connectivity index (χ3n) is 13.7. The number of rotatable bonds is 28. The molecule has 0 heterocycles. The van der Waals surface area contributed by atoms with Crippen LogP contribution in [-0.4, -0.2) is 204 Å². The number of aromatic hydroxyl groups is 2. The minimum absolute atomic E-state index is 0. The summed E-state index contributed by atoms with van der Waals surface area (Å²) >= 11 is 0. The monoisotopic (exact) mass is 2360 g/mol. The van der Waals surface area contributed by atoms with E-state index < -0.39 is 72.1 Å². The van der Waals surface area contributed by atoms with Gasteiger partial charge >= 0.3 is 180 Å². The third kappa shape index (κ3) is 56.5. The van der Waals surface area contributed by atoms with Gasteiger partial charge < -0.3 is 188 Å². The van der Waals surface area contributed by atoms with Crippen LogP contribution >= 0.6 is 0 Å². The molecule has 0 saturated carbocycles. The molecule has 0 aromatic heterocycles. The Morgan fingerprint density at radius 3 is 0.677 bits per heavy atom. The van der Waals surface area contributed by atoms with Crippen molar-refractivity contribution in [3.8, 4) is 92.0 Å². The Balaban J connectivity index is -0.000000226. The van der Waals surface area contributed by atoms with Crippen LogP contribution in [0.2, 0.25) is 0 Å². The SMILES string of the molecule is COc1ccc(C(=O)NCCN=Cc2cccc(OC)c2O)c([O-])c1.COc1ccc(C(=O)NCCN=Cc2cccc(OC)c2O)c([O-])c1.COc1ccc(C(=O)NCCN=Cc2cccc(OC)c2[O-])c([O-])c1.COc1ccc(C(=O)NCCN=Cc2cccc(OC)c2[O-])c([O-])c1.O=[N+]([O-])[O-].O=[N+]([O-])[O-].O=[N+]([O-])[O-].O=[N+]([O-])[O-].O=[N+]([O-])[O-].[OH-].[OH-].[Yb+3].[Yb+3].[Yb+3].[Zn+2].[Zn+2]. The second kappa shape index (κ2) is 76.1. The number of hydrogen-bond acceptors (Lipinski definition) is 41. The first-order valence-electron chi connectivity index (χ1n) is 32.9. The minimum atomic E-state index is -1.75. The predicted molar refractivity (Wildman–Crippen MR) is 419 cm³/mol. The topological polar surface area (TPSA) is 809 Å². The molecule has 3 radical (unpaired) electrons. The molecule has 8 aromatic rings. The fourth-order valence-electron chi connectivity index (χ4n) is 8.44. The summed E-state index contributed by atoms with van der Waals surface area (Å²) in [6.07, 6.45) is 5.86. The number of amides is 4. The van der Waals surface area contributed by atoms with Crippen LogP contribution in [0.4, 0.5) is 0 Å². The van der Waals surface area contributed by atoms with Gasteiger partial charge in [-0.1, -0.05) is 70.9 Å². The van der Waals surface area contributed by atoms with Crippen molar-refractivity contribution in [1.29, 1.82) is 0 Å². The second-order valence-electron chi connectivity index (χ2n) is 21.3. The largest absolute Gasteiger partial charge is 3.00 e. The number of hydrogen-bond donors (Lipinski definition) is 6. The molecule has 0 aliphatic heterocycles. The normalized spacial score (nSPS) is 9.32. The number of aliphatic imine (C=N–C) groups is 4. The van der Waals surface area contributed by atoms with E-state index in [2.05, 4.69) is 41.2 Å². The van der Waals surface area contributed by atoms with Gasteiger partial charge in [0.1, 0.15) is 34.5 Å². The number of carbonyl (C=O) groups is 4. The van der Waals surface area contributed by atoms with Crippen LogP contribution in [0.1, 0.15) is 63.7 Å². The van der Waals surface area contributed by atoms with Crippen molar-refractivity contribution in [2.75, 3.05) is 109 Å². The van der Waals surface area contributed by atoms with E-state index in [1.165, 1.54) is 130 Å². The van der Waals surface area contributed by atoms with Crippen LogP contribution in [0, 0.1) is 217 Å². The summed E-state index contributed by atoms with van der Waals surface area (Å²) in [6, 6.07) is 36.9. The van der Waals surface area contributed by atoms with Crippen molar-refractivity contribution in [3.63, 3.8) is 0 Å². The maximum Gasteiger partial charge on any atom is 3.00 e. The van der Waals surface area contributed by atoms with Crippen molar-refractivity contribution < 1.29 is 314 Å². The first-order chi connectivity index (χ1) is 56.9. The summed E-state index contributed by atoms with van der Waals surface area (Å²) in [5.74, 6) is -1.15. The summed E-state index contributed by atoms with van der Waals surface area (Å²) in [5, 5.41) is 175. The zero-order valence-corrected chi connectivity index (χ0v) is 78.4. The quantitative estimate of drug-likeness (QED) is 0.0135. The fourth-order valence-corrected chi connectivity index (χ4v) is 8.44. The van der Waals surface area contributed by atoms with Gasteiger partial charge in [0.15, 0.2) is 23.0 Å². The molecular formula is C72H76N13O37Yb3Zn2. The van der Waals surface area contributed by atoms with Gasteiger partial charge in [-0.2, -0.15) is 0 Å². The van der Waals surface area contributed by atoms with E-state index in [-0.39, 0.29) is 287 Å². The van der Waals surface area contributed by atoms with Crippen molar-refractivity contribution in [1.82, 2.24) is 21.3 Å². The first-order valence-corrected chi connectivity index (χ1v) is 32.9. The molecule has 0 aliphatic rings. The number of methoxy groups -OCH3 is 8. The molecule has 0 saturated heterocycles. The van der Waals surface area contributed by atoms with E-state index in [1.54, 1.807) is 97.1 Å². The Morgan fingerprint density at radius 1 is 0.315 bits per heavy atom. The molecule has 0 unspecified atom stereocenters. The van der Waals surface area contributed by atoms with Crippen molar-refractivity contribution in [3.05, 3.63) is 267 Å². The summed E-state index contributed by atoms with van der Waals surface area (Å²) < 4.78 is 39.6. The van der Waals surface area contributed by atoms with Gasteiger partial charge in [-0.3, -0.25) is 39.1 Å². The Hall–Kier alpha value is -11.2. The molecule has 697 valence electrons. The Bertz CT molecular complexity index is 4170. The predicted octanol–water partition coefficient (Wildman–Crippen LogP) is 2.51. The Kier molecular flexibility index (Phi) is 78.7. The van der Waals surface area contributed by atoms with E-state index in [1.807, 2.05) is 0 Å². The first kappa shape index (κ1) is 131. The molecule has 8 rings (SSSR count). The molecule has 0 fully saturated rings.